The molecule has 0 aliphatic heterocycles. The smallest absolute Gasteiger partial charge is 0.408 e. The van der Waals surface area contributed by atoms with Crippen LogP contribution in [0.2, 0.25) is 0 Å². The van der Waals surface area contributed by atoms with Crippen LogP contribution in [-0.2, 0) is 18.4 Å². The predicted octanol–water partition coefficient (Wildman–Crippen LogP) is 2.22. The van der Waals surface area contributed by atoms with E-state index in [9.17, 15) is 9.59 Å². The first-order valence-corrected chi connectivity index (χ1v) is 8.36. The summed E-state index contributed by atoms with van der Waals surface area (Å²) in [4.78, 5) is 36.8. The van der Waals surface area contributed by atoms with Gasteiger partial charge in [-0.2, -0.15) is 0 Å². The number of hydrogen-bond acceptors (Lipinski definition) is 6. The minimum Gasteiger partial charge on any atom is -0.445 e. The Kier molecular flexibility index (Phi) is 5.55. The van der Waals surface area contributed by atoms with E-state index >= 15 is 0 Å². The van der Waals surface area contributed by atoms with E-state index in [4.69, 9.17) is 4.74 Å². The number of carbonyl (C=O) groups excluding carboxylic acids is 1. The van der Waals surface area contributed by atoms with Crippen molar-refractivity contribution in [2.75, 3.05) is 0 Å². The first-order chi connectivity index (χ1) is 13.0. The number of ether oxygens (including phenoxy) is 1. The highest BCUT2D eigenvalue weighted by atomic mass is 16.5. The molecule has 1 aromatic carbocycles. The minimum atomic E-state index is -0.590. The van der Waals surface area contributed by atoms with Gasteiger partial charge in [-0.1, -0.05) is 30.3 Å². The Morgan fingerprint density at radius 1 is 1.22 bits per heavy atom. The Bertz CT molecular complexity index is 974. The Balaban J connectivity index is 1.74. The van der Waals surface area contributed by atoms with E-state index < -0.39 is 12.1 Å². The summed E-state index contributed by atoms with van der Waals surface area (Å²) in [5.41, 5.74) is 1.58. The summed E-state index contributed by atoms with van der Waals surface area (Å²) in [6.45, 7) is 1.89. The van der Waals surface area contributed by atoms with Crippen molar-refractivity contribution in [3.05, 3.63) is 76.7 Å². The van der Waals surface area contributed by atoms with Crippen molar-refractivity contribution in [1.29, 1.82) is 0 Å². The number of hydrogen-bond donors (Lipinski definition) is 1. The number of amides is 1. The molecule has 0 fully saturated rings. The number of aromatic nitrogens is 4. The van der Waals surface area contributed by atoms with Crippen molar-refractivity contribution < 1.29 is 9.53 Å². The highest BCUT2D eigenvalue weighted by molar-refractivity contribution is 5.67. The molecule has 1 N–H and O–H groups in total. The molecular weight excluding hydrogens is 346 g/mol. The van der Waals surface area contributed by atoms with Gasteiger partial charge in [-0.25, -0.2) is 19.7 Å². The Morgan fingerprint density at radius 3 is 2.70 bits per heavy atom. The number of carbonyl (C=O) groups is 1. The average Bonchev–Trinajstić information content (AvgIpc) is 2.69. The molecule has 2 aromatic heterocycles. The highest BCUT2D eigenvalue weighted by Crippen LogP contribution is 2.15. The fourth-order valence-corrected chi connectivity index (χ4v) is 2.52. The van der Waals surface area contributed by atoms with Crippen LogP contribution in [0.25, 0.3) is 11.4 Å². The monoisotopic (exact) mass is 365 g/mol. The number of rotatable bonds is 5. The molecule has 1 amide bonds. The van der Waals surface area contributed by atoms with Crippen molar-refractivity contribution in [2.24, 2.45) is 7.05 Å². The second kappa shape index (κ2) is 8.22. The number of nitrogens with zero attached hydrogens (tertiary/aromatic N) is 4. The van der Waals surface area contributed by atoms with Gasteiger partial charge in [-0.15, -0.1) is 0 Å². The van der Waals surface area contributed by atoms with Crippen LogP contribution in [0.15, 0.2) is 59.8 Å². The molecule has 0 bridgehead atoms. The molecular formula is C19H19N5O3. The predicted molar refractivity (Wildman–Crippen MR) is 98.7 cm³/mol. The van der Waals surface area contributed by atoms with Gasteiger partial charge in [0.2, 0.25) is 0 Å². The topological polar surface area (TPSA) is 99.0 Å². The Labute approximate surface area is 155 Å². The third kappa shape index (κ3) is 4.55. The summed E-state index contributed by atoms with van der Waals surface area (Å²) in [6.07, 6.45) is 2.37. The lowest BCUT2D eigenvalue weighted by Crippen LogP contribution is -2.33. The zero-order chi connectivity index (χ0) is 19.2. The van der Waals surface area contributed by atoms with Crippen LogP contribution >= 0.6 is 0 Å². The summed E-state index contributed by atoms with van der Waals surface area (Å²) in [6, 6.07) is 11.9. The highest BCUT2D eigenvalue weighted by Gasteiger charge is 2.17. The zero-order valence-corrected chi connectivity index (χ0v) is 15.0. The molecule has 138 valence electrons. The molecule has 3 aromatic rings. The zero-order valence-electron chi connectivity index (χ0n) is 15.0. The molecule has 0 aliphatic rings. The quantitative estimate of drug-likeness (QED) is 0.744. The molecule has 0 aliphatic carbocycles. The van der Waals surface area contributed by atoms with Gasteiger partial charge in [0, 0.05) is 19.3 Å². The Morgan fingerprint density at radius 2 is 2.00 bits per heavy atom. The van der Waals surface area contributed by atoms with Gasteiger partial charge in [0.25, 0.3) is 5.56 Å². The van der Waals surface area contributed by atoms with Crippen LogP contribution in [-0.4, -0.2) is 25.6 Å². The van der Waals surface area contributed by atoms with E-state index in [1.807, 2.05) is 30.3 Å². The van der Waals surface area contributed by atoms with Gasteiger partial charge in [0.15, 0.2) is 0 Å². The number of nitrogens with one attached hydrogen (secondary N) is 1. The van der Waals surface area contributed by atoms with Crippen LogP contribution in [0.4, 0.5) is 4.79 Å². The number of alkyl carbamates (subject to hydrolysis) is 1. The summed E-state index contributed by atoms with van der Waals surface area (Å²) in [5, 5.41) is 2.70. The van der Waals surface area contributed by atoms with E-state index in [1.54, 1.807) is 26.2 Å². The molecule has 2 heterocycles. The van der Waals surface area contributed by atoms with Crippen molar-refractivity contribution in [2.45, 2.75) is 19.6 Å². The minimum absolute atomic E-state index is 0.159. The van der Waals surface area contributed by atoms with Crippen LogP contribution in [0.1, 0.15) is 24.4 Å². The lowest BCUT2D eigenvalue weighted by atomic mass is 10.2. The van der Waals surface area contributed by atoms with E-state index in [1.165, 1.54) is 17.0 Å². The molecule has 3 rings (SSSR count). The SMILES string of the molecule is CC(NC(=O)OCc1ccccc1)c1nc(-c2ccncn2)cc(=O)n1C. The van der Waals surface area contributed by atoms with Crippen molar-refractivity contribution in [1.82, 2.24) is 24.8 Å². The molecule has 0 radical (unpaired) electrons. The van der Waals surface area contributed by atoms with Gasteiger partial charge in [0.05, 0.1) is 17.4 Å². The molecule has 27 heavy (non-hydrogen) atoms. The lowest BCUT2D eigenvalue weighted by Gasteiger charge is -2.17. The largest absolute Gasteiger partial charge is 0.445 e. The van der Waals surface area contributed by atoms with Gasteiger partial charge >= 0.3 is 6.09 Å². The standard InChI is InChI=1S/C19H19N5O3/c1-13(22-19(26)27-11-14-6-4-3-5-7-14)18-23-16(10-17(25)24(18)2)15-8-9-20-12-21-15/h3-10,12-13H,11H2,1-2H3,(H,22,26). The second-order valence-electron chi connectivity index (χ2n) is 5.92. The van der Waals surface area contributed by atoms with Crippen LogP contribution < -0.4 is 10.9 Å². The van der Waals surface area contributed by atoms with Crippen LogP contribution in [0.5, 0.6) is 0 Å². The van der Waals surface area contributed by atoms with Gasteiger partial charge in [-0.3, -0.25) is 9.36 Å². The van der Waals surface area contributed by atoms with Gasteiger partial charge in [0.1, 0.15) is 18.8 Å². The normalized spacial score (nSPS) is 11.6. The molecule has 8 nitrogen and oxygen atoms in total. The lowest BCUT2D eigenvalue weighted by molar-refractivity contribution is 0.136. The fraction of sp³-hybridized carbons (Fsp3) is 0.211. The van der Waals surface area contributed by atoms with Gasteiger partial charge < -0.3 is 10.1 Å². The van der Waals surface area contributed by atoms with Crippen molar-refractivity contribution in [3.63, 3.8) is 0 Å². The molecule has 1 atom stereocenters. The summed E-state index contributed by atoms with van der Waals surface area (Å²) in [5.74, 6) is 0.396. The first kappa shape index (κ1) is 18.2. The molecule has 1 unspecified atom stereocenters. The third-order valence-corrected chi connectivity index (χ3v) is 3.95. The molecule has 8 heteroatoms. The van der Waals surface area contributed by atoms with E-state index in [0.29, 0.717) is 17.2 Å². The summed E-state index contributed by atoms with van der Waals surface area (Å²) >= 11 is 0. The summed E-state index contributed by atoms with van der Waals surface area (Å²) in [7, 11) is 1.60. The number of benzene rings is 1. The third-order valence-electron chi connectivity index (χ3n) is 3.95. The maximum Gasteiger partial charge on any atom is 0.408 e. The second-order valence-corrected chi connectivity index (χ2v) is 5.92. The van der Waals surface area contributed by atoms with Crippen LogP contribution in [0, 0.1) is 0 Å². The van der Waals surface area contributed by atoms with E-state index in [0.717, 1.165) is 5.56 Å². The van der Waals surface area contributed by atoms with Crippen molar-refractivity contribution >= 4 is 6.09 Å². The fourth-order valence-electron chi connectivity index (χ4n) is 2.52. The summed E-state index contributed by atoms with van der Waals surface area (Å²) < 4.78 is 6.60. The van der Waals surface area contributed by atoms with E-state index in [2.05, 4.69) is 20.3 Å². The maximum atomic E-state index is 12.3. The first-order valence-electron chi connectivity index (χ1n) is 8.36. The van der Waals surface area contributed by atoms with Gasteiger partial charge in [-0.05, 0) is 18.6 Å². The van der Waals surface area contributed by atoms with Crippen molar-refractivity contribution in [3.8, 4) is 11.4 Å². The molecule has 0 spiro atoms. The molecule has 0 saturated carbocycles. The maximum absolute atomic E-state index is 12.3. The van der Waals surface area contributed by atoms with Crippen LogP contribution in [0.3, 0.4) is 0 Å². The van der Waals surface area contributed by atoms with E-state index in [-0.39, 0.29) is 12.2 Å². The Hall–Kier alpha value is -3.55. The average molecular weight is 365 g/mol. The molecule has 0 saturated heterocycles.